The molecule has 1 aliphatic carbocycles. The van der Waals surface area contributed by atoms with Crippen molar-refractivity contribution in [3.8, 4) is 5.75 Å². The Bertz CT molecular complexity index is 1730. The molecule has 0 amide bonds. The Labute approximate surface area is 261 Å². The van der Waals surface area contributed by atoms with E-state index in [1.54, 1.807) is 30.1 Å². The van der Waals surface area contributed by atoms with Gasteiger partial charge in [0.2, 0.25) is 0 Å². The van der Waals surface area contributed by atoms with Crippen molar-refractivity contribution in [1.82, 2.24) is 9.88 Å². The number of ether oxygens (including phenoxy) is 1. The fourth-order valence-corrected chi connectivity index (χ4v) is 8.76. The normalized spacial score (nSPS) is 18.5. The van der Waals surface area contributed by atoms with E-state index in [1.807, 2.05) is 24.9 Å². The summed E-state index contributed by atoms with van der Waals surface area (Å²) in [6.07, 6.45) is 3.09. The quantitative estimate of drug-likeness (QED) is 0.199. The van der Waals surface area contributed by atoms with Crippen LogP contribution < -0.4 is 13.9 Å². The van der Waals surface area contributed by atoms with Crippen molar-refractivity contribution < 1.29 is 17.5 Å². The minimum absolute atomic E-state index is 0.0250. The summed E-state index contributed by atoms with van der Waals surface area (Å²) in [4.78, 5) is 8.25. The van der Waals surface area contributed by atoms with E-state index in [2.05, 4.69) is 34.1 Å². The van der Waals surface area contributed by atoms with E-state index in [0.717, 1.165) is 47.8 Å². The zero-order valence-corrected chi connectivity index (χ0v) is 26.7. The molecule has 2 atom stereocenters. The first-order chi connectivity index (χ1) is 20.7. The van der Waals surface area contributed by atoms with Gasteiger partial charge in [-0.15, -0.1) is 11.3 Å². The molecule has 2 aliphatic rings. The Hall–Kier alpha value is -3.18. The lowest BCUT2D eigenvalue weighted by molar-refractivity contribution is 0.242. The molecule has 0 radical (unpaired) electrons. The lowest BCUT2D eigenvalue weighted by Gasteiger charge is -2.30. The van der Waals surface area contributed by atoms with Crippen LogP contribution in [0, 0.1) is 12.7 Å². The summed E-state index contributed by atoms with van der Waals surface area (Å²) in [5.74, 6) is 0.0364. The first-order valence-corrected chi connectivity index (χ1v) is 17.0. The molecule has 6 rings (SSSR count). The van der Waals surface area contributed by atoms with Gasteiger partial charge in [0, 0.05) is 43.7 Å². The monoisotopic (exact) mass is 640 g/mol. The molecule has 1 aliphatic heterocycles. The van der Waals surface area contributed by atoms with Gasteiger partial charge in [0.15, 0.2) is 5.82 Å². The average Bonchev–Trinajstić information content (AvgIpc) is 3.78. The lowest BCUT2D eigenvalue weighted by atomic mass is 10.1. The molecule has 0 unspecified atom stereocenters. The van der Waals surface area contributed by atoms with E-state index >= 15 is 4.39 Å². The molecule has 0 N–H and O–H groups in total. The second-order valence-corrected chi connectivity index (χ2v) is 14.1. The van der Waals surface area contributed by atoms with Crippen LogP contribution in [0.1, 0.15) is 41.1 Å². The van der Waals surface area contributed by atoms with E-state index in [4.69, 9.17) is 16.3 Å². The van der Waals surface area contributed by atoms with Crippen molar-refractivity contribution in [3.05, 3.63) is 98.6 Å². The number of halogens is 2. The lowest BCUT2D eigenvalue weighted by Crippen LogP contribution is -2.36. The van der Waals surface area contributed by atoms with Crippen LogP contribution in [0.2, 0.25) is 5.02 Å². The summed E-state index contributed by atoms with van der Waals surface area (Å²) < 4.78 is 50.3. The van der Waals surface area contributed by atoms with Gasteiger partial charge in [-0.2, -0.15) is 0 Å². The van der Waals surface area contributed by atoms with Gasteiger partial charge in [-0.25, -0.2) is 22.1 Å². The maximum atomic E-state index is 15.8. The van der Waals surface area contributed by atoms with Gasteiger partial charge in [-0.05, 0) is 66.6 Å². The number of methoxy groups -OCH3 is 1. The zero-order valence-electron chi connectivity index (χ0n) is 24.3. The first-order valence-electron chi connectivity index (χ1n) is 14.3. The van der Waals surface area contributed by atoms with Crippen LogP contribution >= 0.6 is 22.9 Å². The number of fused-ring (bicyclic) bond motifs is 1. The molecular formula is C32H34ClFN4O3S2. The number of anilines is 2. The number of aryl methyl sites for hydroxylation is 2. The number of likely N-dealkylation sites (tertiary alicyclic amines) is 1. The van der Waals surface area contributed by atoms with Crippen LogP contribution in [0.3, 0.4) is 0 Å². The van der Waals surface area contributed by atoms with Gasteiger partial charge in [-0.1, -0.05) is 41.9 Å². The van der Waals surface area contributed by atoms with Crippen molar-refractivity contribution in [2.24, 2.45) is 0 Å². The molecule has 1 saturated heterocycles. The molecule has 11 heteroatoms. The number of thiazole rings is 1. The number of hydrogen-bond acceptors (Lipinski definition) is 7. The molecule has 3 aromatic carbocycles. The highest BCUT2D eigenvalue weighted by molar-refractivity contribution is 7.92. The SMILES string of the molecule is COc1ccc(CN(c2cscn2)S(=O)(=O)c2cc(Cl)c(N(C)[C@H]3CCN([C@H]4CCc5ccccc54)C3)cc2F)c(C)c1. The summed E-state index contributed by atoms with van der Waals surface area (Å²) in [6.45, 7) is 3.62. The largest absolute Gasteiger partial charge is 0.497 e. The third-order valence-corrected chi connectivity index (χ3v) is 11.4. The molecule has 0 saturated carbocycles. The molecular weight excluding hydrogens is 607 g/mol. The van der Waals surface area contributed by atoms with Crippen LogP contribution in [-0.2, 0) is 23.0 Å². The van der Waals surface area contributed by atoms with Crippen molar-refractivity contribution in [2.45, 2.75) is 49.7 Å². The van der Waals surface area contributed by atoms with E-state index < -0.39 is 20.7 Å². The predicted molar refractivity (Wildman–Crippen MR) is 171 cm³/mol. The fraction of sp³-hybridized carbons (Fsp3) is 0.344. The third-order valence-electron chi connectivity index (χ3n) is 8.77. The molecule has 4 aromatic rings. The Morgan fingerprint density at radius 2 is 1.98 bits per heavy atom. The number of likely N-dealkylation sites (N-methyl/N-ethyl adjacent to an activating group) is 1. The Morgan fingerprint density at radius 3 is 2.72 bits per heavy atom. The van der Waals surface area contributed by atoms with Crippen LogP contribution in [0.15, 0.2) is 70.4 Å². The Balaban J connectivity index is 1.25. The molecule has 1 fully saturated rings. The summed E-state index contributed by atoms with van der Waals surface area (Å²) in [5, 5.41) is 1.82. The van der Waals surface area contributed by atoms with Crippen molar-refractivity contribution >= 4 is 44.5 Å². The summed E-state index contributed by atoms with van der Waals surface area (Å²) in [5.41, 5.74) is 6.43. The fourth-order valence-electron chi connectivity index (χ4n) is 6.33. The van der Waals surface area contributed by atoms with Crippen LogP contribution in [0.25, 0.3) is 0 Å². The van der Waals surface area contributed by atoms with Crippen LogP contribution in [-0.4, -0.2) is 51.6 Å². The van der Waals surface area contributed by atoms with E-state index in [1.165, 1.54) is 34.6 Å². The minimum atomic E-state index is -4.36. The average molecular weight is 641 g/mol. The molecule has 7 nitrogen and oxygen atoms in total. The van der Waals surface area contributed by atoms with E-state index in [0.29, 0.717) is 17.5 Å². The minimum Gasteiger partial charge on any atom is -0.497 e. The van der Waals surface area contributed by atoms with Gasteiger partial charge in [0.25, 0.3) is 10.0 Å². The number of sulfonamides is 1. The van der Waals surface area contributed by atoms with Gasteiger partial charge in [-0.3, -0.25) is 4.90 Å². The zero-order chi connectivity index (χ0) is 30.3. The smallest absolute Gasteiger partial charge is 0.268 e. The highest BCUT2D eigenvalue weighted by Gasteiger charge is 2.36. The molecule has 0 bridgehead atoms. The standard InChI is InChI=1S/C32H34ClFN4O3S2/c1-21-14-25(41-3)10-8-23(21)17-38(32-19-42-20-35-32)43(39,40)31-15-27(33)30(16-28(31)34)36(2)24-12-13-37(18-24)29-11-9-22-6-4-5-7-26(22)29/h4-8,10,14-16,19-20,24,29H,9,11-13,17-18H2,1-3H3/t24-,29-/m0/s1. The Kier molecular flexibility index (Phi) is 8.39. The molecule has 1 aromatic heterocycles. The van der Waals surface area contributed by atoms with Gasteiger partial charge >= 0.3 is 0 Å². The van der Waals surface area contributed by atoms with Crippen LogP contribution in [0.5, 0.6) is 5.75 Å². The first kappa shape index (κ1) is 29.9. The Morgan fingerprint density at radius 1 is 1.16 bits per heavy atom. The van der Waals surface area contributed by atoms with Crippen molar-refractivity contribution in [2.75, 3.05) is 36.5 Å². The number of aromatic nitrogens is 1. The van der Waals surface area contributed by atoms with Crippen molar-refractivity contribution in [1.29, 1.82) is 0 Å². The van der Waals surface area contributed by atoms with Crippen LogP contribution in [0.4, 0.5) is 15.9 Å². The van der Waals surface area contributed by atoms with E-state index in [9.17, 15) is 8.42 Å². The molecule has 0 spiro atoms. The summed E-state index contributed by atoms with van der Waals surface area (Å²) in [7, 11) is -0.880. The summed E-state index contributed by atoms with van der Waals surface area (Å²) in [6, 6.07) is 17.0. The highest BCUT2D eigenvalue weighted by atomic mass is 35.5. The highest BCUT2D eigenvalue weighted by Crippen LogP contribution is 2.40. The van der Waals surface area contributed by atoms with Gasteiger partial charge < -0.3 is 9.64 Å². The number of rotatable bonds is 9. The number of nitrogens with zero attached hydrogens (tertiary/aromatic N) is 4. The number of hydrogen-bond donors (Lipinski definition) is 0. The number of benzene rings is 3. The topological polar surface area (TPSA) is 66.0 Å². The second-order valence-electron chi connectivity index (χ2n) is 11.2. The molecule has 2 heterocycles. The second kappa shape index (κ2) is 12.1. The van der Waals surface area contributed by atoms with E-state index in [-0.39, 0.29) is 23.4 Å². The van der Waals surface area contributed by atoms with Gasteiger partial charge in [0.05, 0.1) is 29.9 Å². The summed E-state index contributed by atoms with van der Waals surface area (Å²) >= 11 is 7.99. The molecule has 43 heavy (non-hydrogen) atoms. The molecule has 226 valence electrons. The van der Waals surface area contributed by atoms with Gasteiger partial charge in [0.1, 0.15) is 16.5 Å². The van der Waals surface area contributed by atoms with Crippen molar-refractivity contribution in [3.63, 3.8) is 0 Å². The third kappa shape index (κ3) is 5.73. The maximum absolute atomic E-state index is 15.8. The predicted octanol–water partition coefficient (Wildman–Crippen LogP) is 6.85. The maximum Gasteiger partial charge on any atom is 0.268 e.